The maximum Gasteiger partial charge on any atom is 0.330 e. The first-order valence-corrected chi connectivity index (χ1v) is 4.29. The van der Waals surface area contributed by atoms with Gasteiger partial charge in [0.05, 0.1) is 13.2 Å². The first kappa shape index (κ1) is 10.2. The van der Waals surface area contributed by atoms with Gasteiger partial charge in [-0.25, -0.2) is 4.79 Å². The largest absolute Gasteiger partial charge is 0.457 e. The van der Waals surface area contributed by atoms with Crippen LogP contribution in [-0.2, 0) is 19.0 Å². The molecule has 1 aliphatic rings. The lowest BCUT2D eigenvalue weighted by molar-refractivity contribution is -0.197. The molecule has 0 unspecified atom stereocenters. The highest BCUT2D eigenvalue weighted by atomic mass is 16.8. The third kappa shape index (κ3) is 2.54. The predicted molar refractivity (Wildman–Crippen MR) is 46.1 cm³/mol. The van der Waals surface area contributed by atoms with E-state index in [2.05, 4.69) is 6.58 Å². The van der Waals surface area contributed by atoms with Crippen LogP contribution in [0, 0.1) is 0 Å². The van der Waals surface area contributed by atoms with Crippen LogP contribution in [-0.4, -0.2) is 31.6 Å². The summed E-state index contributed by atoms with van der Waals surface area (Å²) in [6.07, 6.45) is 1.79. The van der Waals surface area contributed by atoms with Gasteiger partial charge in [-0.3, -0.25) is 0 Å². The Morgan fingerprint density at radius 2 is 2.23 bits per heavy atom. The van der Waals surface area contributed by atoms with Crippen molar-refractivity contribution in [3.63, 3.8) is 0 Å². The van der Waals surface area contributed by atoms with Crippen molar-refractivity contribution >= 4 is 5.97 Å². The fraction of sp³-hybridized carbons (Fsp3) is 0.667. The minimum absolute atomic E-state index is 0.133. The van der Waals surface area contributed by atoms with Crippen LogP contribution in [0.3, 0.4) is 0 Å². The molecule has 1 rings (SSSR count). The number of rotatable bonds is 4. The fourth-order valence-corrected chi connectivity index (χ4v) is 1.13. The van der Waals surface area contributed by atoms with Gasteiger partial charge in [-0.15, -0.1) is 0 Å². The molecule has 0 N–H and O–H groups in total. The van der Waals surface area contributed by atoms with Crippen molar-refractivity contribution in [3.8, 4) is 0 Å². The van der Waals surface area contributed by atoms with Crippen LogP contribution in [0.15, 0.2) is 12.7 Å². The number of hydrogen-bond acceptors (Lipinski definition) is 4. The third-order valence-electron chi connectivity index (χ3n) is 1.95. The standard InChI is InChI=1S/C9H14O4/c1-3-8(10)11-7-9(4-2)12-5-6-13-9/h3H,1,4-7H2,2H3. The molecule has 0 atom stereocenters. The van der Waals surface area contributed by atoms with Crippen molar-refractivity contribution in [1.82, 2.24) is 0 Å². The van der Waals surface area contributed by atoms with E-state index in [1.165, 1.54) is 0 Å². The lowest BCUT2D eigenvalue weighted by Gasteiger charge is -2.24. The van der Waals surface area contributed by atoms with E-state index in [4.69, 9.17) is 14.2 Å². The first-order valence-electron chi connectivity index (χ1n) is 4.29. The quantitative estimate of drug-likeness (QED) is 0.482. The third-order valence-corrected chi connectivity index (χ3v) is 1.95. The van der Waals surface area contributed by atoms with Gasteiger partial charge in [-0.1, -0.05) is 13.5 Å². The van der Waals surface area contributed by atoms with Crippen LogP contribution in [0.25, 0.3) is 0 Å². The normalized spacial score (nSPS) is 19.8. The van der Waals surface area contributed by atoms with Crippen molar-refractivity contribution in [1.29, 1.82) is 0 Å². The van der Waals surface area contributed by atoms with Gasteiger partial charge < -0.3 is 14.2 Å². The smallest absolute Gasteiger partial charge is 0.330 e. The van der Waals surface area contributed by atoms with Crippen LogP contribution >= 0.6 is 0 Å². The van der Waals surface area contributed by atoms with Crippen LogP contribution in [0.4, 0.5) is 0 Å². The molecule has 4 heteroatoms. The molecule has 0 aromatic rings. The summed E-state index contributed by atoms with van der Waals surface area (Å²) in [6.45, 7) is 6.47. The molecule has 0 aliphatic carbocycles. The first-order chi connectivity index (χ1) is 6.22. The lowest BCUT2D eigenvalue weighted by Crippen LogP contribution is -2.35. The van der Waals surface area contributed by atoms with E-state index in [1.807, 2.05) is 6.92 Å². The number of carbonyl (C=O) groups excluding carboxylic acids is 1. The zero-order valence-electron chi connectivity index (χ0n) is 7.75. The number of carbonyl (C=O) groups is 1. The summed E-state index contributed by atoms with van der Waals surface area (Å²) in [5.74, 6) is -1.18. The van der Waals surface area contributed by atoms with Crippen molar-refractivity contribution in [2.24, 2.45) is 0 Å². The SMILES string of the molecule is C=CC(=O)OCC1(CC)OCCO1. The average molecular weight is 186 g/mol. The Kier molecular flexibility index (Phi) is 3.45. The molecule has 0 aromatic carbocycles. The summed E-state index contributed by atoms with van der Waals surface area (Å²) in [6, 6.07) is 0. The molecule has 1 heterocycles. The minimum Gasteiger partial charge on any atom is -0.457 e. The Morgan fingerprint density at radius 3 is 2.69 bits per heavy atom. The molecule has 0 aromatic heterocycles. The van der Waals surface area contributed by atoms with E-state index in [0.29, 0.717) is 19.6 Å². The highest BCUT2D eigenvalue weighted by Crippen LogP contribution is 2.23. The number of ether oxygens (including phenoxy) is 3. The zero-order valence-corrected chi connectivity index (χ0v) is 7.75. The number of hydrogen-bond donors (Lipinski definition) is 0. The van der Waals surface area contributed by atoms with Crippen LogP contribution in [0.1, 0.15) is 13.3 Å². The maximum atomic E-state index is 10.8. The molecule has 1 saturated heterocycles. The Balaban J connectivity index is 2.39. The van der Waals surface area contributed by atoms with E-state index in [1.54, 1.807) is 0 Å². The minimum atomic E-state index is -0.724. The summed E-state index contributed by atoms with van der Waals surface area (Å²) < 4.78 is 15.6. The van der Waals surface area contributed by atoms with E-state index in [9.17, 15) is 4.79 Å². The van der Waals surface area contributed by atoms with E-state index in [-0.39, 0.29) is 6.61 Å². The molecule has 74 valence electrons. The molecule has 13 heavy (non-hydrogen) atoms. The second-order valence-electron chi connectivity index (χ2n) is 2.77. The van der Waals surface area contributed by atoms with Crippen molar-refractivity contribution < 1.29 is 19.0 Å². The highest BCUT2D eigenvalue weighted by molar-refractivity contribution is 5.81. The topological polar surface area (TPSA) is 44.8 Å². The molecule has 4 nitrogen and oxygen atoms in total. The van der Waals surface area contributed by atoms with Gasteiger partial charge in [-0.2, -0.15) is 0 Å². The second-order valence-corrected chi connectivity index (χ2v) is 2.77. The van der Waals surface area contributed by atoms with Gasteiger partial charge in [0, 0.05) is 12.5 Å². The Bertz CT molecular complexity index is 194. The average Bonchev–Trinajstić information content (AvgIpc) is 2.63. The van der Waals surface area contributed by atoms with E-state index >= 15 is 0 Å². The van der Waals surface area contributed by atoms with Crippen molar-refractivity contribution in [3.05, 3.63) is 12.7 Å². The Labute approximate surface area is 77.5 Å². The summed E-state index contributed by atoms with van der Waals surface area (Å²) in [7, 11) is 0. The van der Waals surface area contributed by atoms with Crippen LogP contribution in [0.5, 0.6) is 0 Å². The summed E-state index contributed by atoms with van der Waals surface area (Å²) in [4.78, 5) is 10.8. The van der Waals surface area contributed by atoms with Gasteiger partial charge in [-0.05, 0) is 0 Å². The molecule has 0 saturated carbocycles. The van der Waals surface area contributed by atoms with E-state index in [0.717, 1.165) is 6.08 Å². The molecular formula is C9H14O4. The lowest BCUT2D eigenvalue weighted by atomic mass is 10.2. The van der Waals surface area contributed by atoms with Crippen molar-refractivity contribution in [2.75, 3.05) is 19.8 Å². The van der Waals surface area contributed by atoms with Crippen molar-refractivity contribution in [2.45, 2.75) is 19.1 Å². The molecule has 1 fully saturated rings. The van der Waals surface area contributed by atoms with Gasteiger partial charge in [0.1, 0.15) is 6.61 Å². The summed E-state index contributed by atoms with van der Waals surface area (Å²) in [5.41, 5.74) is 0. The van der Waals surface area contributed by atoms with E-state index < -0.39 is 11.8 Å². The van der Waals surface area contributed by atoms with Gasteiger partial charge in [0.25, 0.3) is 0 Å². The molecular weight excluding hydrogens is 172 g/mol. The van der Waals surface area contributed by atoms with Gasteiger partial charge in [0.15, 0.2) is 0 Å². The fourth-order valence-electron chi connectivity index (χ4n) is 1.13. The van der Waals surface area contributed by atoms with Gasteiger partial charge in [0.2, 0.25) is 5.79 Å². The number of esters is 1. The van der Waals surface area contributed by atoms with Crippen LogP contribution in [0.2, 0.25) is 0 Å². The maximum absolute atomic E-state index is 10.8. The van der Waals surface area contributed by atoms with Crippen LogP contribution < -0.4 is 0 Å². The predicted octanol–water partition coefficient (Wildman–Crippen LogP) is 0.869. The second kappa shape index (κ2) is 4.39. The highest BCUT2D eigenvalue weighted by Gasteiger charge is 2.35. The molecule has 0 radical (unpaired) electrons. The monoisotopic (exact) mass is 186 g/mol. The molecule has 1 aliphatic heterocycles. The Hall–Kier alpha value is -0.870. The summed E-state index contributed by atoms with van der Waals surface area (Å²) in [5, 5.41) is 0. The molecule has 0 spiro atoms. The zero-order chi connectivity index (χ0) is 9.73. The molecule has 0 amide bonds. The Morgan fingerprint density at radius 1 is 1.62 bits per heavy atom. The van der Waals surface area contributed by atoms with Gasteiger partial charge >= 0.3 is 5.97 Å². The molecule has 0 bridgehead atoms. The summed E-state index contributed by atoms with van der Waals surface area (Å²) >= 11 is 0.